The van der Waals surface area contributed by atoms with Gasteiger partial charge >= 0.3 is 0 Å². The molecule has 1 amide bonds. The van der Waals surface area contributed by atoms with Gasteiger partial charge in [-0.3, -0.25) is 4.79 Å². The van der Waals surface area contributed by atoms with Gasteiger partial charge in [-0.25, -0.2) is 4.39 Å². The Morgan fingerprint density at radius 3 is 2.25 bits per heavy atom. The molecule has 104 valence electrons. The summed E-state index contributed by atoms with van der Waals surface area (Å²) in [5, 5.41) is 3.20. The quantitative estimate of drug-likeness (QED) is 0.845. The van der Waals surface area contributed by atoms with E-state index in [1.54, 1.807) is 12.1 Å². The number of nitrogen functional groups attached to an aromatic ring is 1. The summed E-state index contributed by atoms with van der Waals surface area (Å²) in [4.78, 5) is 11.9. The maximum absolute atomic E-state index is 12.8. The molecule has 0 spiro atoms. The number of benzene rings is 2. The maximum Gasteiger partial charge on any atom is 0.228 e. The van der Waals surface area contributed by atoms with E-state index in [-0.39, 0.29) is 33.9 Å². The molecule has 0 saturated carbocycles. The molecular weight excluding hydrogens is 302 g/mol. The summed E-state index contributed by atoms with van der Waals surface area (Å²) in [6, 6.07) is 8.76. The summed E-state index contributed by atoms with van der Waals surface area (Å²) >= 11 is 11.8. The smallest absolute Gasteiger partial charge is 0.228 e. The number of amides is 1. The Kier molecular flexibility index (Phi) is 4.47. The summed E-state index contributed by atoms with van der Waals surface area (Å²) < 4.78 is 12.8. The van der Waals surface area contributed by atoms with E-state index in [2.05, 4.69) is 5.32 Å². The molecule has 2 rings (SSSR count). The van der Waals surface area contributed by atoms with Gasteiger partial charge in [0.25, 0.3) is 0 Å². The van der Waals surface area contributed by atoms with E-state index in [4.69, 9.17) is 28.9 Å². The van der Waals surface area contributed by atoms with Crippen molar-refractivity contribution in [2.75, 3.05) is 11.1 Å². The Labute approximate surface area is 125 Å². The largest absolute Gasteiger partial charge is 0.396 e. The molecule has 0 aliphatic heterocycles. The van der Waals surface area contributed by atoms with Crippen LogP contribution in [0.1, 0.15) is 5.56 Å². The van der Waals surface area contributed by atoms with Gasteiger partial charge in [0.15, 0.2) is 0 Å². The minimum absolute atomic E-state index is 0.125. The average Bonchev–Trinajstić information content (AvgIpc) is 2.38. The number of hydrogen-bond acceptors (Lipinski definition) is 2. The Morgan fingerprint density at radius 2 is 1.70 bits per heavy atom. The Balaban J connectivity index is 2.06. The highest BCUT2D eigenvalue weighted by atomic mass is 35.5. The van der Waals surface area contributed by atoms with Crippen molar-refractivity contribution in [3.8, 4) is 0 Å². The molecule has 6 heteroatoms. The van der Waals surface area contributed by atoms with Crippen molar-refractivity contribution in [3.05, 3.63) is 57.8 Å². The van der Waals surface area contributed by atoms with Gasteiger partial charge in [0, 0.05) is 5.69 Å². The van der Waals surface area contributed by atoms with Crippen LogP contribution in [-0.4, -0.2) is 5.91 Å². The van der Waals surface area contributed by atoms with E-state index in [1.807, 2.05) is 0 Å². The fraction of sp³-hybridized carbons (Fsp3) is 0.0714. The van der Waals surface area contributed by atoms with Crippen molar-refractivity contribution in [1.29, 1.82) is 0 Å². The van der Waals surface area contributed by atoms with E-state index in [9.17, 15) is 9.18 Å². The lowest BCUT2D eigenvalue weighted by atomic mass is 10.1. The van der Waals surface area contributed by atoms with Crippen LogP contribution in [-0.2, 0) is 11.2 Å². The van der Waals surface area contributed by atoms with Crippen molar-refractivity contribution >= 4 is 40.5 Å². The van der Waals surface area contributed by atoms with Gasteiger partial charge in [0.05, 0.1) is 22.2 Å². The molecule has 2 aromatic rings. The van der Waals surface area contributed by atoms with Gasteiger partial charge in [-0.15, -0.1) is 0 Å². The zero-order chi connectivity index (χ0) is 14.7. The highest BCUT2D eigenvalue weighted by molar-refractivity contribution is 6.39. The minimum Gasteiger partial charge on any atom is -0.396 e. The molecule has 0 atom stereocenters. The minimum atomic E-state index is -0.341. The fourth-order valence-electron chi connectivity index (χ4n) is 1.65. The second-order valence-corrected chi connectivity index (χ2v) is 5.02. The second-order valence-electron chi connectivity index (χ2n) is 4.20. The molecule has 3 nitrogen and oxygen atoms in total. The molecule has 0 aliphatic carbocycles. The molecule has 0 unspecified atom stereocenters. The van der Waals surface area contributed by atoms with Gasteiger partial charge in [-0.05, 0) is 29.8 Å². The zero-order valence-corrected chi connectivity index (χ0v) is 11.8. The van der Waals surface area contributed by atoms with Crippen molar-refractivity contribution in [2.45, 2.75) is 6.42 Å². The third-order valence-corrected chi connectivity index (χ3v) is 3.27. The first-order valence-electron chi connectivity index (χ1n) is 5.74. The molecule has 2 aromatic carbocycles. The number of anilines is 2. The lowest BCUT2D eigenvalue weighted by Gasteiger charge is -2.08. The predicted octanol–water partition coefficient (Wildman–Crippen LogP) is 3.90. The van der Waals surface area contributed by atoms with Gasteiger partial charge in [-0.1, -0.05) is 35.3 Å². The summed E-state index contributed by atoms with van der Waals surface area (Å²) in [6.45, 7) is 0. The van der Waals surface area contributed by atoms with Crippen LogP contribution in [0.15, 0.2) is 36.4 Å². The highest BCUT2D eigenvalue weighted by Crippen LogP contribution is 2.31. The van der Waals surface area contributed by atoms with Gasteiger partial charge in [-0.2, -0.15) is 0 Å². The maximum atomic E-state index is 12.8. The number of hydrogen-bond donors (Lipinski definition) is 2. The molecule has 0 aromatic heterocycles. The van der Waals surface area contributed by atoms with Crippen molar-refractivity contribution in [3.63, 3.8) is 0 Å². The number of nitrogens with one attached hydrogen (secondary N) is 1. The summed E-state index contributed by atoms with van der Waals surface area (Å²) in [6.07, 6.45) is 0.125. The average molecular weight is 313 g/mol. The number of rotatable bonds is 3. The van der Waals surface area contributed by atoms with Crippen LogP contribution in [0.3, 0.4) is 0 Å². The van der Waals surface area contributed by atoms with Crippen LogP contribution in [0, 0.1) is 5.82 Å². The Bertz CT molecular complexity index is 621. The molecule has 0 heterocycles. The molecule has 0 fully saturated rings. The van der Waals surface area contributed by atoms with Crippen LogP contribution in [0.2, 0.25) is 10.0 Å². The molecule has 0 saturated heterocycles. The van der Waals surface area contributed by atoms with Crippen LogP contribution in [0.4, 0.5) is 15.8 Å². The van der Waals surface area contributed by atoms with Gasteiger partial charge < -0.3 is 11.1 Å². The molecule has 0 bridgehead atoms. The number of halogens is 3. The van der Waals surface area contributed by atoms with E-state index in [0.29, 0.717) is 11.3 Å². The Morgan fingerprint density at radius 1 is 1.15 bits per heavy atom. The third-order valence-electron chi connectivity index (χ3n) is 2.64. The number of nitrogens with two attached hydrogens (primary N) is 1. The first kappa shape index (κ1) is 14.6. The van der Waals surface area contributed by atoms with Crippen LogP contribution < -0.4 is 11.1 Å². The SMILES string of the molecule is Nc1c(Cl)cc(NC(=O)Cc2ccc(F)cc2)cc1Cl. The predicted molar refractivity (Wildman–Crippen MR) is 79.6 cm³/mol. The van der Waals surface area contributed by atoms with E-state index in [0.717, 1.165) is 0 Å². The normalized spacial score (nSPS) is 10.3. The van der Waals surface area contributed by atoms with Crippen molar-refractivity contribution in [2.24, 2.45) is 0 Å². The van der Waals surface area contributed by atoms with Crippen LogP contribution >= 0.6 is 23.2 Å². The number of carbonyl (C=O) groups is 1. The lowest BCUT2D eigenvalue weighted by molar-refractivity contribution is -0.115. The fourth-order valence-corrected chi connectivity index (χ4v) is 2.14. The summed E-state index contributed by atoms with van der Waals surface area (Å²) in [7, 11) is 0. The molecular formula is C14H11Cl2FN2O. The molecule has 3 N–H and O–H groups in total. The van der Waals surface area contributed by atoms with Crippen molar-refractivity contribution in [1.82, 2.24) is 0 Å². The zero-order valence-electron chi connectivity index (χ0n) is 10.3. The standard InChI is InChI=1S/C14H11Cl2FN2O/c15-11-6-10(7-12(16)14(11)18)19-13(20)5-8-1-3-9(17)4-2-8/h1-4,6-7H,5,18H2,(H,19,20). The van der Waals surface area contributed by atoms with Crippen LogP contribution in [0.25, 0.3) is 0 Å². The first-order valence-corrected chi connectivity index (χ1v) is 6.50. The third kappa shape index (κ3) is 3.62. The molecule has 20 heavy (non-hydrogen) atoms. The van der Waals surface area contributed by atoms with Crippen molar-refractivity contribution < 1.29 is 9.18 Å². The van der Waals surface area contributed by atoms with E-state index < -0.39 is 0 Å². The molecule has 0 aliphatic rings. The van der Waals surface area contributed by atoms with E-state index >= 15 is 0 Å². The summed E-state index contributed by atoms with van der Waals surface area (Å²) in [5.74, 6) is -0.597. The monoisotopic (exact) mass is 312 g/mol. The first-order chi connectivity index (χ1) is 9.45. The number of carbonyl (C=O) groups excluding carboxylic acids is 1. The summed E-state index contributed by atoms with van der Waals surface area (Å²) in [5.41, 5.74) is 7.04. The Hall–Kier alpha value is -1.78. The topological polar surface area (TPSA) is 55.1 Å². The molecule has 0 radical (unpaired) electrons. The highest BCUT2D eigenvalue weighted by Gasteiger charge is 2.08. The second kappa shape index (κ2) is 6.11. The van der Waals surface area contributed by atoms with Gasteiger partial charge in [0.1, 0.15) is 5.82 Å². The van der Waals surface area contributed by atoms with Crippen LogP contribution in [0.5, 0.6) is 0 Å². The van der Waals surface area contributed by atoms with Gasteiger partial charge in [0.2, 0.25) is 5.91 Å². The lowest BCUT2D eigenvalue weighted by Crippen LogP contribution is -2.14. The van der Waals surface area contributed by atoms with E-state index in [1.165, 1.54) is 24.3 Å².